The minimum atomic E-state index is -2.88. The smallest absolute Gasteiger partial charge is 0.319 e. The number of nitrogens with zero attached hydrogens (tertiary/aromatic N) is 3. The van der Waals surface area contributed by atoms with E-state index in [0.717, 1.165) is 5.56 Å². The summed E-state index contributed by atoms with van der Waals surface area (Å²) in [6.07, 6.45) is 0. The van der Waals surface area contributed by atoms with Gasteiger partial charge in [-0.1, -0.05) is 0 Å². The summed E-state index contributed by atoms with van der Waals surface area (Å²) in [7, 11) is -2.88. The van der Waals surface area contributed by atoms with Crippen LogP contribution in [-0.4, -0.2) is 57.4 Å². The number of amides is 2. The van der Waals surface area contributed by atoms with Gasteiger partial charge in [0.2, 0.25) is 0 Å². The summed E-state index contributed by atoms with van der Waals surface area (Å²) in [5.41, 5.74) is 1.79. The zero-order valence-electron chi connectivity index (χ0n) is 18.3. The van der Waals surface area contributed by atoms with Crippen LogP contribution < -0.4 is 15.5 Å². The van der Waals surface area contributed by atoms with E-state index in [0.29, 0.717) is 49.2 Å². The Morgan fingerprint density at radius 2 is 2.12 bits per heavy atom. The Hall–Kier alpha value is -2.47. The number of carbonyl (C=O) groups is 1. The molecule has 2 unspecified atom stereocenters. The molecule has 2 atom stereocenters. The number of hydrogen-bond donors (Lipinski definition) is 4. The van der Waals surface area contributed by atoms with Gasteiger partial charge in [-0.15, -0.1) is 0 Å². The van der Waals surface area contributed by atoms with Crippen LogP contribution in [0.5, 0.6) is 0 Å². The van der Waals surface area contributed by atoms with E-state index in [4.69, 9.17) is 9.72 Å². The molecular formula is C21H28FN5O4S. The van der Waals surface area contributed by atoms with Crippen molar-refractivity contribution in [3.05, 3.63) is 35.3 Å². The largest absolute Gasteiger partial charge is 0.377 e. The van der Waals surface area contributed by atoms with Crippen molar-refractivity contribution >= 4 is 28.1 Å². The van der Waals surface area contributed by atoms with Crippen molar-refractivity contribution in [2.24, 2.45) is 0 Å². The number of aromatic nitrogens is 2. The zero-order chi connectivity index (χ0) is 23.0. The molecule has 0 spiro atoms. The van der Waals surface area contributed by atoms with Crippen molar-refractivity contribution in [2.75, 3.05) is 36.5 Å². The summed E-state index contributed by atoms with van der Waals surface area (Å²) in [6.45, 7) is 7.68. The Balaban J connectivity index is 1.75. The molecule has 1 fully saturated rings. The van der Waals surface area contributed by atoms with Gasteiger partial charge in [0.1, 0.15) is 11.6 Å². The maximum Gasteiger partial charge on any atom is 0.319 e. The van der Waals surface area contributed by atoms with Gasteiger partial charge < -0.3 is 20.3 Å². The number of halogens is 1. The van der Waals surface area contributed by atoms with E-state index in [9.17, 15) is 18.3 Å². The van der Waals surface area contributed by atoms with E-state index >= 15 is 0 Å². The van der Waals surface area contributed by atoms with Gasteiger partial charge in [-0.2, -0.15) is 10.6 Å². The normalized spacial score (nSPS) is 22.9. The average molecular weight is 466 g/mol. The molecule has 2 aliphatic rings. The number of urea groups is 1. The molecule has 4 N–H and O–H groups in total. The number of rotatable bonds is 4. The first kappa shape index (κ1) is 22.7. The Morgan fingerprint density at radius 1 is 1.34 bits per heavy atom. The van der Waals surface area contributed by atoms with E-state index in [1.54, 1.807) is 19.9 Å². The highest BCUT2D eigenvalue weighted by molar-refractivity contribution is 8.24. The van der Waals surface area contributed by atoms with Crippen molar-refractivity contribution in [3.8, 4) is 11.4 Å². The summed E-state index contributed by atoms with van der Waals surface area (Å²) in [6, 6.07) is 3.92. The van der Waals surface area contributed by atoms with Gasteiger partial charge in [0.05, 0.1) is 41.6 Å². The number of morpholine rings is 1. The van der Waals surface area contributed by atoms with Gasteiger partial charge >= 0.3 is 6.03 Å². The number of anilines is 2. The van der Waals surface area contributed by atoms with Gasteiger partial charge in [0.15, 0.2) is 5.82 Å². The van der Waals surface area contributed by atoms with E-state index < -0.39 is 27.7 Å². The lowest BCUT2D eigenvalue weighted by Crippen LogP contribution is -2.44. The molecule has 1 saturated heterocycles. The monoisotopic (exact) mass is 465 g/mol. The Kier molecular flexibility index (Phi) is 6.26. The molecular weight excluding hydrogens is 437 g/mol. The van der Waals surface area contributed by atoms with Crippen LogP contribution in [0.4, 0.5) is 20.7 Å². The van der Waals surface area contributed by atoms with Crippen molar-refractivity contribution in [3.63, 3.8) is 0 Å². The minimum absolute atomic E-state index is 0.0457. The lowest BCUT2D eigenvalue weighted by Gasteiger charge is -2.37. The first-order chi connectivity index (χ1) is 15.2. The molecule has 0 bridgehead atoms. The summed E-state index contributed by atoms with van der Waals surface area (Å²) in [5, 5.41) is 4.53. The lowest BCUT2D eigenvalue weighted by molar-refractivity contribution is 0.0984. The highest BCUT2D eigenvalue weighted by Gasteiger charge is 2.40. The van der Waals surface area contributed by atoms with Gasteiger partial charge in [0, 0.05) is 24.2 Å². The van der Waals surface area contributed by atoms with Crippen LogP contribution >= 0.6 is 10.6 Å². The quantitative estimate of drug-likeness (QED) is 0.539. The molecule has 2 aromatic rings. The van der Waals surface area contributed by atoms with Crippen LogP contribution in [0.3, 0.4) is 0 Å². The number of ether oxygens (including phenoxy) is 1. The number of fused-ring (bicyclic) bond motifs is 1. The zero-order valence-corrected chi connectivity index (χ0v) is 19.1. The third-order valence-electron chi connectivity index (χ3n) is 5.78. The molecule has 3 heterocycles. The molecule has 174 valence electrons. The molecule has 2 aliphatic heterocycles. The number of carbonyl (C=O) groups excluding carboxylic acids is 1. The first-order valence-corrected chi connectivity index (χ1v) is 12.3. The fourth-order valence-electron chi connectivity index (χ4n) is 4.02. The maximum absolute atomic E-state index is 14.7. The Morgan fingerprint density at radius 3 is 2.81 bits per heavy atom. The van der Waals surface area contributed by atoms with Crippen molar-refractivity contribution < 1.29 is 23.0 Å². The summed E-state index contributed by atoms with van der Waals surface area (Å²) in [4.78, 5) is 23.1. The minimum Gasteiger partial charge on any atom is -0.377 e. The van der Waals surface area contributed by atoms with Gasteiger partial charge in [0.25, 0.3) is 0 Å². The molecule has 2 amide bonds. The van der Waals surface area contributed by atoms with Crippen LogP contribution in [0.15, 0.2) is 18.2 Å². The maximum atomic E-state index is 14.7. The van der Waals surface area contributed by atoms with Crippen LogP contribution in [0.1, 0.15) is 37.3 Å². The van der Waals surface area contributed by atoms with Crippen molar-refractivity contribution in [1.29, 1.82) is 0 Å². The molecule has 4 rings (SSSR count). The van der Waals surface area contributed by atoms with Gasteiger partial charge in [-0.3, -0.25) is 9.11 Å². The van der Waals surface area contributed by atoms with Crippen LogP contribution in [0.2, 0.25) is 0 Å². The van der Waals surface area contributed by atoms with Gasteiger partial charge in [-0.25, -0.2) is 19.2 Å². The van der Waals surface area contributed by atoms with Gasteiger partial charge in [-0.05, 0) is 39.0 Å². The molecule has 0 radical (unpaired) electrons. The molecule has 0 aliphatic carbocycles. The van der Waals surface area contributed by atoms with E-state index in [1.807, 2.05) is 6.92 Å². The topological polar surface area (TPSA) is 120 Å². The molecule has 11 heteroatoms. The Bertz CT molecular complexity index is 1040. The van der Waals surface area contributed by atoms with E-state index in [-0.39, 0.29) is 17.5 Å². The number of benzene rings is 1. The third-order valence-corrected chi connectivity index (χ3v) is 7.85. The van der Waals surface area contributed by atoms with Crippen LogP contribution in [0.25, 0.3) is 11.4 Å². The molecule has 1 aromatic heterocycles. The number of hydrogen-bond acceptors (Lipinski definition) is 7. The lowest BCUT2D eigenvalue weighted by atomic mass is 10.1. The fourth-order valence-corrected chi connectivity index (χ4v) is 5.51. The second-order valence-electron chi connectivity index (χ2n) is 8.03. The summed E-state index contributed by atoms with van der Waals surface area (Å²) in [5.74, 6) is 0.363. The third kappa shape index (κ3) is 4.25. The second kappa shape index (κ2) is 8.81. The van der Waals surface area contributed by atoms with E-state index in [2.05, 4.69) is 20.5 Å². The highest BCUT2D eigenvalue weighted by atomic mass is 32.3. The van der Waals surface area contributed by atoms with Crippen molar-refractivity contribution in [2.45, 2.75) is 37.8 Å². The summed E-state index contributed by atoms with van der Waals surface area (Å²) < 4.78 is 41.4. The van der Waals surface area contributed by atoms with Crippen LogP contribution in [-0.2, 0) is 10.5 Å². The average Bonchev–Trinajstić information content (AvgIpc) is 2.98. The fraction of sp³-hybridized carbons (Fsp3) is 0.476. The second-order valence-corrected chi connectivity index (χ2v) is 10.5. The van der Waals surface area contributed by atoms with Crippen LogP contribution in [0, 0.1) is 5.82 Å². The molecule has 9 nitrogen and oxygen atoms in total. The number of nitrogens with one attached hydrogen (secondary N) is 2. The predicted octanol–water partition coefficient (Wildman–Crippen LogP) is 3.97. The molecule has 1 aromatic carbocycles. The molecule has 32 heavy (non-hydrogen) atoms. The Labute approximate surface area is 187 Å². The first-order valence-electron chi connectivity index (χ1n) is 10.6. The predicted molar refractivity (Wildman–Crippen MR) is 123 cm³/mol. The van der Waals surface area contributed by atoms with E-state index in [1.165, 1.54) is 12.1 Å². The molecule has 0 saturated carbocycles. The highest BCUT2D eigenvalue weighted by Crippen LogP contribution is 2.63. The standard InChI is InChI=1S/C21H28FN5O4S/c1-4-23-21(28)25-16-6-5-14(9-15(16)22)19-24-17-11-32(29,30)13(3)18(17)20(26-19)27-7-8-31-10-12(27)2/h5-6,9,12-13,29-30H,4,7-8,10-11H2,1-3H3,(H2,23,25,28). The SMILES string of the molecule is CCNC(=O)Nc1ccc(-c2nc3c(c(N4CCOCC4C)n2)C(C)S(O)(O)C3)cc1F. The van der Waals surface area contributed by atoms with Crippen molar-refractivity contribution in [1.82, 2.24) is 15.3 Å². The summed E-state index contributed by atoms with van der Waals surface area (Å²) >= 11 is 0.